The number of benzene rings is 1. The number of ether oxygens (including phenoxy) is 1. The summed E-state index contributed by atoms with van der Waals surface area (Å²) in [6, 6.07) is 10.0. The Morgan fingerprint density at radius 1 is 1.16 bits per heavy atom. The lowest BCUT2D eigenvalue weighted by atomic mass is 10.1. The highest BCUT2D eigenvalue weighted by molar-refractivity contribution is 5.94. The number of carbonyl (C=O) groups is 1. The van der Waals surface area contributed by atoms with Crippen LogP contribution in [0.1, 0.15) is 27.0 Å². The van der Waals surface area contributed by atoms with Crippen LogP contribution in [0.15, 0.2) is 30.5 Å². The van der Waals surface area contributed by atoms with Gasteiger partial charge in [-0.25, -0.2) is 9.78 Å². The number of aryl methyl sites for hydroxylation is 2. The fraction of sp³-hybridized carbons (Fsp3) is 0.238. The molecule has 10 nitrogen and oxygen atoms in total. The monoisotopic (exact) mass is 420 g/mol. The molecular formula is C21H24N8O2. The quantitative estimate of drug-likeness (QED) is 0.336. The first-order valence-electron chi connectivity index (χ1n) is 9.48. The summed E-state index contributed by atoms with van der Waals surface area (Å²) in [7, 11) is 4.73. The Hall–Kier alpha value is -4.26. The zero-order chi connectivity index (χ0) is 22.5. The van der Waals surface area contributed by atoms with E-state index in [-0.39, 0.29) is 5.56 Å². The molecule has 0 fully saturated rings. The van der Waals surface area contributed by atoms with Crippen molar-refractivity contribution in [3.63, 3.8) is 0 Å². The molecule has 0 aliphatic heterocycles. The van der Waals surface area contributed by atoms with Crippen molar-refractivity contribution in [3.05, 3.63) is 52.7 Å². The lowest BCUT2D eigenvalue weighted by Crippen LogP contribution is -2.18. The van der Waals surface area contributed by atoms with Crippen LogP contribution in [0.3, 0.4) is 0 Å². The van der Waals surface area contributed by atoms with Gasteiger partial charge in [0.25, 0.3) is 0 Å². The molecule has 0 amide bonds. The number of nitrogens with one attached hydrogen (secondary N) is 4. The molecule has 3 rings (SSSR count). The van der Waals surface area contributed by atoms with Crippen molar-refractivity contribution in [2.24, 2.45) is 7.05 Å². The maximum absolute atomic E-state index is 12.0. The van der Waals surface area contributed by atoms with Crippen molar-refractivity contribution in [1.82, 2.24) is 14.8 Å². The Kier molecular flexibility index (Phi) is 6.26. The number of hydrogen-bond donors (Lipinski definition) is 4. The predicted octanol–water partition coefficient (Wildman–Crippen LogP) is 3.31. The van der Waals surface area contributed by atoms with Gasteiger partial charge >= 0.3 is 5.97 Å². The molecule has 0 bridgehead atoms. The number of aromatic nitrogens is 3. The average molecular weight is 420 g/mol. The molecule has 0 aliphatic carbocycles. The van der Waals surface area contributed by atoms with E-state index in [2.05, 4.69) is 37.6 Å². The summed E-state index contributed by atoms with van der Waals surface area (Å²) < 4.78 is 6.29. The van der Waals surface area contributed by atoms with Crippen molar-refractivity contribution < 1.29 is 9.53 Å². The van der Waals surface area contributed by atoms with Gasteiger partial charge in [0, 0.05) is 19.8 Å². The summed E-state index contributed by atoms with van der Waals surface area (Å²) in [5, 5.41) is 20.1. The zero-order valence-corrected chi connectivity index (χ0v) is 18.0. The van der Waals surface area contributed by atoms with Crippen LogP contribution in [-0.2, 0) is 11.8 Å². The Balaban J connectivity index is 1.95. The van der Waals surface area contributed by atoms with E-state index in [1.807, 2.05) is 38.1 Å². The SMILES string of the molecule is CNc1nc(Nc2ccc(C)cc2)c(C#N)c(C)c1NNc1c(C(=O)OC)cnn1C. The molecule has 0 radical (unpaired) electrons. The number of nitriles is 1. The molecule has 0 saturated heterocycles. The van der Waals surface area contributed by atoms with Crippen molar-refractivity contribution >= 4 is 34.8 Å². The maximum Gasteiger partial charge on any atom is 0.343 e. The third-order valence-electron chi connectivity index (χ3n) is 4.76. The Labute approximate surface area is 180 Å². The number of pyridine rings is 1. The lowest BCUT2D eigenvalue weighted by Gasteiger charge is -2.19. The first kappa shape index (κ1) is 21.4. The van der Waals surface area contributed by atoms with Crippen molar-refractivity contribution in [2.75, 3.05) is 35.6 Å². The standard InChI is InChI=1S/C21H24N8O2/c1-12-6-8-14(9-7-12)25-18-15(10-22)13(2)17(19(23-3)26-18)27-28-20-16(21(30)31-5)11-24-29(20)4/h6-9,11,27-28H,1-5H3,(H2,23,25,26). The summed E-state index contributed by atoms with van der Waals surface area (Å²) >= 11 is 0. The van der Waals surface area contributed by atoms with Crippen LogP contribution < -0.4 is 21.5 Å². The lowest BCUT2D eigenvalue weighted by molar-refractivity contribution is 0.0602. The molecule has 31 heavy (non-hydrogen) atoms. The molecule has 4 N–H and O–H groups in total. The van der Waals surface area contributed by atoms with E-state index in [4.69, 9.17) is 4.74 Å². The molecule has 0 spiro atoms. The molecule has 0 atom stereocenters. The highest BCUT2D eigenvalue weighted by Gasteiger charge is 2.20. The van der Waals surface area contributed by atoms with Crippen LogP contribution in [-0.4, -0.2) is 34.9 Å². The second-order valence-corrected chi connectivity index (χ2v) is 6.81. The molecule has 1 aromatic carbocycles. The normalized spacial score (nSPS) is 10.2. The number of hydrazine groups is 1. The Morgan fingerprint density at radius 3 is 2.48 bits per heavy atom. The van der Waals surface area contributed by atoms with E-state index in [1.165, 1.54) is 18.0 Å². The molecule has 2 heterocycles. The number of rotatable bonds is 7. The van der Waals surface area contributed by atoms with Crippen molar-refractivity contribution in [1.29, 1.82) is 5.26 Å². The molecule has 2 aromatic heterocycles. The number of methoxy groups -OCH3 is 1. The summed E-state index contributed by atoms with van der Waals surface area (Å²) in [5.41, 5.74) is 9.88. The minimum atomic E-state index is -0.517. The van der Waals surface area contributed by atoms with Crippen LogP contribution in [0.25, 0.3) is 0 Å². The first-order valence-corrected chi connectivity index (χ1v) is 9.48. The maximum atomic E-state index is 12.0. The molecular weight excluding hydrogens is 396 g/mol. The van der Waals surface area contributed by atoms with Gasteiger partial charge in [-0.3, -0.25) is 15.5 Å². The van der Waals surface area contributed by atoms with E-state index in [0.29, 0.717) is 34.3 Å². The van der Waals surface area contributed by atoms with Gasteiger partial charge in [0.05, 0.1) is 18.9 Å². The third kappa shape index (κ3) is 4.35. The topological polar surface area (TPSA) is 129 Å². The largest absolute Gasteiger partial charge is 0.465 e. The highest BCUT2D eigenvalue weighted by Crippen LogP contribution is 2.32. The van der Waals surface area contributed by atoms with Gasteiger partial charge in [0.1, 0.15) is 17.3 Å². The van der Waals surface area contributed by atoms with Gasteiger partial charge in [-0.05, 0) is 31.5 Å². The number of carbonyl (C=O) groups excluding carboxylic acids is 1. The van der Waals surface area contributed by atoms with E-state index in [9.17, 15) is 10.1 Å². The number of nitrogens with zero attached hydrogens (tertiary/aromatic N) is 4. The van der Waals surface area contributed by atoms with Crippen LogP contribution in [0, 0.1) is 25.2 Å². The number of hydrogen-bond acceptors (Lipinski definition) is 9. The van der Waals surface area contributed by atoms with Crippen LogP contribution in [0.5, 0.6) is 0 Å². The smallest absolute Gasteiger partial charge is 0.343 e. The second kappa shape index (κ2) is 9.04. The van der Waals surface area contributed by atoms with Crippen LogP contribution >= 0.6 is 0 Å². The molecule has 0 unspecified atom stereocenters. The Morgan fingerprint density at radius 2 is 1.87 bits per heavy atom. The van der Waals surface area contributed by atoms with Crippen LogP contribution in [0.2, 0.25) is 0 Å². The summed E-state index contributed by atoms with van der Waals surface area (Å²) in [5.74, 6) is 0.847. The average Bonchev–Trinajstić information content (AvgIpc) is 3.14. The highest BCUT2D eigenvalue weighted by atomic mass is 16.5. The summed E-state index contributed by atoms with van der Waals surface area (Å²) in [6.07, 6.45) is 1.41. The van der Waals surface area contributed by atoms with Gasteiger partial charge in [-0.1, -0.05) is 17.7 Å². The molecule has 10 heteroatoms. The van der Waals surface area contributed by atoms with E-state index < -0.39 is 5.97 Å². The fourth-order valence-electron chi connectivity index (χ4n) is 3.01. The molecule has 160 valence electrons. The molecule has 0 saturated carbocycles. The summed E-state index contributed by atoms with van der Waals surface area (Å²) in [6.45, 7) is 3.82. The molecule has 3 aromatic rings. The Bertz CT molecular complexity index is 1150. The third-order valence-corrected chi connectivity index (χ3v) is 4.76. The van der Waals surface area contributed by atoms with E-state index in [1.54, 1.807) is 14.1 Å². The van der Waals surface area contributed by atoms with Gasteiger partial charge in [0.15, 0.2) is 17.5 Å². The first-order chi connectivity index (χ1) is 14.9. The molecule has 0 aliphatic rings. The van der Waals surface area contributed by atoms with E-state index >= 15 is 0 Å². The van der Waals surface area contributed by atoms with E-state index in [0.717, 1.165) is 11.3 Å². The van der Waals surface area contributed by atoms with Gasteiger partial charge in [-0.15, -0.1) is 0 Å². The fourth-order valence-corrected chi connectivity index (χ4v) is 3.01. The van der Waals surface area contributed by atoms with Crippen molar-refractivity contribution in [3.8, 4) is 6.07 Å². The zero-order valence-electron chi connectivity index (χ0n) is 18.0. The van der Waals surface area contributed by atoms with Gasteiger partial charge in [-0.2, -0.15) is 10.4 Å². The van der Waals surface area contributed by atoms with Gasteiger partial charge in [0.2, 0.25) is 0 Å². The number of esters is 1. The second-order valence-electron chi connectivity index (χ2n) is 6.81. The summed E-state index contributed by atoms with van der Waals surface area (Å²) in [4.78, 5) is 16.5. The predicted molar refractivity (Wildman–Crippen MR) is 119 cm³/mol. The minimum Gasteiger partial charge on any atom is -0.465 e. The van der Waals surface area contributed by atoms with Crippen LogP contribution in [0.4, 0.5) is 28.8 Å². The van der Waals surface area contributed by atoms with Gasteiger partial charge < -0.3 is 15.4 Å². The van der Waals surface area contributed by atoms with Crippen molar-refractivity contribution in [2.45, 2.75) is 13.8 Å². The number of anilines is 5. The minimum absolute atomic E-state index is 0.271.